The number of nitrogens with zero attached hydrogens (tertiary/aromatic N) is 3. The number of amidine groups is 1. The minimum atomic E-state index is -0.153. The molecule has 0 radical (unpaired) electrons. The van der Waals surface area contributed by atoms with Gasteiger partial charge in [-0.2, -0.15) is 4.99 Å². The number of carbonyl (C=O) groups excluding carboxylic acids is 1. The van der Waals surface area contributed by atoms with Crippen LogP contribution in [0.4, 0.5) is 0 Å². The highest BCUT2D eigenvalue weighted by molar-refractivity contribution is 8.18. The topological polar surface area (TPSA) is 45.1 Å². The SMILES string of the molecule is CCCOc1ccccc1/C=C1/SC(N2CCN(C)CC2)=NC1=O. The minimum Gasteiger partial charge on any atom is -0.493 e. The van der Waals surface area contributed by atoms with E-state index in [1.807, 2.05) is 30.3 Å². The van der Waals surface area contributed by atoms with E-state index in [1.54, 1.807) is 0 Å². The van der Waals surface area contributed by atoms with Crippen LogP contribution < -0.4 is 4.74 Å². The van der Waals surface area contributed by atoms with Crippen molar-refractivity contribution in [2.24, 2.45) is 4.99 Å². The van der Waals surface area contributed by atoms with Crippen molar-refractivity contribution in [1.82, 2.24) is 9.80 Å². The van der Waals surface area contributed by atoms with Crippen LogP contribution in [-0.2, 0) is 4.79 Å². The van der Waals surface area contributed by atoms with Crippen LogP contribution in [0.1, 0.15) is 18.9 Å². The Kier molecular flexibility index (Phi) is 5.58. The first kappa shape index (κ1) is 17.0. The second-order valence-electron chi connectivity index (χ2n) is 5.99. The molecule has 5 nitrogen and oxygen atoms in total. The Morgan fingerprint density at radius 1 is 1.25 bits per heavy atom. The highest BCUT2D eigenvalue weighted by atomic mass is 32.2. The molecule has 24 heavy (non-hydrogen) atoms. The number of hydrogen-bond acceptors (Lipinski definition) is 5. The third-order valence-electron chi connectivity index (χ3n) is 4.05. The fourth-order valence-electron chi connectivity index (χ4n) is 2.62. The van der Waals surface area contributed by atoms with Crippen molar-refractivity contribution < 1.29 is 9.53 Å². The highest BCUT2D eigenvalue weighted by Gasteiger charge is 2.27. The Morgan fingerprint density at radius 2 is 2.00 bits per heavy atom. The first-order chi connectivity index (χ1) is 11.7. The number of ether oxygens (including phenoxy) is 1. The number of para-hydroxylation sites is 1. The molecule has 0 saturated carbocycles. The number of piperazine rings is 1. The molecule has 6 heteroatoms. The summed E-state index contributed by atoms with van der Waals surface area (Å²) in [5.41, 5.74) is 0.927. The maximum atomic E-state index is 12.3. The summed E-state index contributed by atoms with van der Waals surface area (Å²) in [4.78, 5) is 21.7. The van der Waals surface area contributed by atoms with E-state index in [2.05, 4.69) is 28.8 Å². The van der Waals surface area contributed by atoms with Gasteiger partial charge in [0.2, 0.25) is 0 Å². The number of carbonyl (C=O) groups is 1. The largest absolute Gasteiger partial charge is 0.493 e. The molecule has 0 N–H and O–H groups in total. The van der Waals surface area contributed by atoms with Gasteiger partial charge in [0, 0.05) is 31.7 Å². The van der Waals surface area contributed by atoms with Crippen LogP contribution in [0.3, 0.4) is 0 Å². The molecule has 2 aliphatic heterocycles. The van der Waals surface area contributed by atoms with Gasteiger partial charge in [-0.3, -0.25) is 4.79 Å². The monoisotopic (exact) mass is 345 g/mol. The van der Waals surface area contributed by atoms with Crippen molar-refractivity contribution in [3.05, 3.63) is 34.7 Å². The lowest BCUT2D eigenvalue weighted by Crippen LogP contribution is -2.46. The molecule has 3 rings (SSSR count). The Hall–Kier alpha value is -1.79. The zero-order valence-corrected chi connectivity index (χ0v) is 15.0. The third-order valence-corrected chi connectivity index (χ3v) is 5.09. The average molecular weight is 345 g/mol. The van der Waals surface area contributed by atoms with Gasteiger partial charge < -0.3 is 14.5 Å². The van der Waals surface area contributed by atoms with Crippen molar-refractivity contribution in [2.75, 3.05) is 39.8 Å². The van der Waals surface area contributed by atoms with E-state index in [9.17, 15) is 4.79 Å². The summed E-state index contributed by atoms with van der Waals surface area (Å²) in [6.07, 6.45) is 2.85. The third kappa shape index (κ3) is 3.99. The van der Waals surface area contributed by atoms with Crippen molar-refractivity contribution in [1.29, 1.82) is 0 Å². The molecule has 0 aromatic heterocycles. The lowest BCUT2D eigenvalue weighted by atomic mass is 10.2. The molecule has 1 aromatic carbocycles. The Morgan fingerprint density at radius 3 is 2.75 bits per heavy atom. The standard InChI is InChI=1S/C18H23N3O2S/c1-3-12-23-15-7-5-4-6-14(15)13-16-17(22)19-18(24-16)21-10-8-20(2)9-11-21/h4-7,13H,3,8-12H2,1-2H3/b16-13+. The first-order valence-electron chi connectivity index (χ1n) is 8.35. The molecule has 1 amide bonds. The molecule has 2 aliphatic rings. The average Bonchev–Trinajstić information content (AvgIpc) is 2.95. The van der Waals surface area contributed by atoms with E-state index in [1.165, 1.54) is 11.8 Å². The molecule has 0 bridgehead atoms. The van der Waals surface area contributed by atoms with Gasteiger partial charge in [-0.25, -0.2) is 0 Å². The summed E-state index contributed by atoms with van der Waals surface area (Å²) in [6.45, 7) is 6.58. The summed E-state index contributed by atoms with van der Waals surface area (Å²) < 4.78 is 5.77. The highest BCUT2D eigenvalue weighted by Crippen LogP contribution is 2.32. The van der Waals surface area contributed by atoms with E-state index in [-0.39, 0.29) is 5.91 Å². The number of thioether (sulfide) groups is 1. The maximum absolute atomic E-state index is 12.3. The predicted octanol–water partition coefficient (Wildman–Crippen LogP) is 2.69. The number of benzene rings is 1. The van der Waals surface area contributed by atoms with Gasteiger partial charge in [-0.05, 0) is 37.4 Å². The molecule has 128 valence electrons. The van der Waals surface area contributed by atoms with Crippen LogP contribution in [-0.4, -0.2) is 60.7 Å². The molecule has 1 saturated heterocycles. The molecule has 0 spiro atoms. The van der Waals surface area contributed by atoms with Crippen molar-refractivity contribution in [2.45, 2.75) is 13.3 Å². The zero-order valence-electron chi connectivity index (χ0n) is 14.2. The summed E-state index contributed by atoms with van der Waals surface area (Å²) in [6, 6.07) is 7.81. The maximum Gasteiger partial charge on any atom is 0.286 e. The minimum absolute atomic E-state index is 0.153. The molecule has 0 atom stereocenters. The lowest BCUT2D eigenvalue weighted by Gasteiger charge is -2.32. The van der Waals surface area contributed by atoms with Crippen LogP contribution in [0, 0.1) is 0 Å². The molecule has 1 fully saturated rings. The van der Waals surface area contributed by atoms with Crippen LogP contribution in [0.25, 0.3) is 6.08 Å². The van der Waals surface area contributed by atoms with Crippen LogP contribution in [0.2, 0.25) is 0 Å². The number of rotatable bonds is 4. The quantitative estimate of drug-likeness (QED) is 0.785. The van der Waals surface area contributed by atoms with Gasteiger partial charge in [0.05, 0.1) is 11.5 Å². The summed E-state index contributed by atoms with van der Waals surface area (Å²) in [5, 5.41) is 0.825. The van der Waals surface area contributed by atoms with E-state index in [0.29, 0.717) is 11.5 Å². The number of aliphatic imine (C=N–C) groups is 1. The summed E-state index contributed by atoms with van der Waals surface area (Å²) >= 11 is 1.47. The van der Waals surface area contributed by atoms with Gasteiger partial charge in [-0.15, -0.1) is 0 Å². The second kappa shape index (κ2) is 7.85. The predicted molar refractivity (Wildman–Crippen MR) is 99.3 cm³/mol. The van der Waals surface area contributed by atoms with Crippen LogP contribution in [0.5, 0.6) is 5.75 Å². The molecule has 1 aromatic rings. The summed E-state index contributed by atoms with van der Waals surface area (Å²) in [5.74, 6) is 0.660. The fraction of sp³-hybridized carbons (Fsp3) is 0.444. The van der Waals surface area contributed by atoms with E-state index >= 15 is 0 Å². The summed E-state index contributed by atoms with van der Waals surface area (Å²) in [7, 11) is 2.12. The molecule has 2 heterocycles. The molecule has 0 unspecified atom stereocenters. The Balaban J connectivity index is 1.73. The Bertz CT molecular complexity index is 664. The molecular weight excluding hydrogens is 322 g/mol. The lowest BCUT2D eigenvalue weighted by molar-refractivity contribution is -0.113. The van der Waals surface area contributed by atoms with Crippen LogP contribution >= 0.6 is 11.8 Å². The van der Waals surface area contributed by atoms with Gasteiger partial charge in [-0.1, -0.05) is 25.1 Å². The number of likely N-dealkylation sites (N-methyl/N-ethyl adjacent to an activating group) is 1. The normalized spacial score (nSPS) is 20.6. The molecular formula is C18H23N3O2S. The van der Waals surface area contributed by atoms with Gasteiger partial charge in [0.15, 0.2) is 5.17 Å². The van der Waals surface area contributed by atoms with Crippen molar-refractivity contribution in [3.63, 3.8) is 0 Å². The van der Waals surface area contributed by atoms with E-state index < -0.39 is 0 Å². The van der Waals surface area contributed by atoms with Gasteiger partial charge >= 0.3 is 0 Å². The van der Waals surface area contributed by atoms with E-state index in [4.69, 9.17) is 4.74 Å². The smallest absolute Gasteiger partial charge is 0.286 e. The van der Waals surface area contributed by atoms with Gasteiger partial charge in [0.25, 0.3) is 5.91 Å². The van der Waals surface area contributed by atoms with Gasteiger partial charge in [0.1, 0.15) is 5.75 Å². The number of hydrogen-bond donors (Lipinski definition) is 0. The van der Waals surface area contributed by atoms with Crippen molar-refractivity contribution >= 4 is 28.9 Å². The zero-order chi connectivity index (χ0) is 16.9. The molecule has 0 aliphatic carbocycles. The Labute approximate surface area is 147 Å². The van der Waals surface area contributed by atoms with Crippen LogP contribution in [0.15, 0.2) is 34.2 Å². The van der Waals surface area contributed by atoms with Crippen molar-refractivity contribution in [3.8, 4) is 5.75 Å². The second-order valence-corrected chi connectivity index (χ2v) is 7.00. The fourth-order valence-corrected chi connectivity index (χ4v) is 3.57. The number of amides is 1. The first-order valence-corrected chi connectivity index (χ1v) is 9.17. The van der Waals surface area contributed by atoms with E-state index in [0.717, 1.165) is 49.1 Å².